The molecular weight excluding hydrogens is 334 g/mol. The van der Waals surface area contributed by atoms with Crippen molar-refractivity contribution in [3.8, 4) is 5.75 Å². The van der Waals surface area contributed by atoms with Crippen molar-refractivity contribution >= 4 is 15.9 Å². The third-order valence-corrected chi connectivity index (χ3v) is 3.95. The van der Waals surface area contributed by atoms with Gasteiger partial charge in [-0.25, -0.2) is 0 Å². The van der Waals surface area contributed by atoms with Crippen LogP contribution in [0, 0.1) is 6.92 Å². The van der Waals surface area contributed by atoms with Crippen LogP contribution in [0.2, 0.25) is 0 Å². The molecule has 1 fully saturated rings. The maximum Gasteiger partial charge on any atom is 0.264 e. The zero-order valence-electron chi connectivity index (χ0n) is 11.9. The van der Waals surface area contributed by atoms with Gasteiger partial charge in [0.1, 0.15) is 5.75 Å². The number of nitrogens with two attached hydrogens (primary N) is 1. The highest BCUT2D eigenvalue weighted by Crippen LogP contribution is 2.38. The molecule has 1 aliphatic carbocycles. The van der Waals surface area contributed by atoms with Crippen molar-refractivity contribution < 1.29 is 9.26 Å². The average molecular weight is 352 g/mol. The van der Waals surface area contributed by atoms with Gasteiger partial charge in [0, 0.05) is 10.4 Å². The Morgan fingerprint density at radius 3 is 2.95 bits per heavy atom. The summed E-state index contributed by atoms with van der Waals surface area (Å²) in [5, 5.41) is 3.99. The molecule has 0 bridgehead atoms. The average Bonchev–Trinajstić information content (AvgIpc) is 3.18. The second-order valence-corrected chi connectivity index (χ2v) is 6.27. The molecule has 2 N–H and O–H groups in total. The molecule has 112 valence electrons. The molecule has 1 aromatic heterocycles. The van der Waals surface area contributed by atoms with Crippen molar-refractivity contribution in [2.45, 2.75) is 38.7 Å². The van der Waals surface area contributed by atoms with Crippen LogP contribution in [-0.2, 0) is 13.0 Å². The molecule has 5 nitrogen and oxygen atoms in total. The van der Waals surface area contributed by atoms with Crippen LogP contribution in [-0.4, -0.2) is 16.7 Å². The third kappa shape index (κ3) is 3.44. The van der Waals surface area contributed by atoms with Crippen molar-refractivity contribution in [2.75, 3.05) is 6.54 Å². The first-order valence-electron chi connectivity index (χ1n) is 7.11. The summed E-state index contributed by atoms with van der Waals surface area (Å²) in [7, 11) is 0. The van der Waals surface area contributed by atoms with Gasteiger partial charge in [-0.05, 0) is 56.0 Å². The van der Waals surface area contributed by atoms with Gasteiger partial charge in [-0.15, -0.1) is 0 Å². The molecule has 0 radical (unpaired) electrons. The Hall–Kier alpha value is -1.40. The monoisotopic (exact) mass is 351 g/mol. The molecule has 3 rings (SSSR count). The quantitative estimate of drug-likeness (QED) is 0.865. The lowest BCUT2D eigenvalue weighted by molar-refractivity contribution is 0.239. The highest BCUT2D eigenvalue weighted by molar-refractivity contribution is 9.10. The van der Waals surface area contributed by atoms with E-state index in [0.717, 1.165) is 46.4 Å². The summed E-state index contributed by atoms with van der Waals surface area (Å²) in [6.45, 7) is 2.89. The summed E-state index contributed by atoms with van der Waals surface area (Å²) in [6.07, 6.45) is 3.09. The number of ether oxygens (including phenoxy) is 1. The molecule has 6 heteroatoms. The molecule has 1 aliphatic rings. The third-order valence-electron chi connectivity index (χ3n) is 3.50. The maximum absolute atomic E-state index is 5.90. The fraction of sp³-hybridized carbons (Fsp3) is 0.467. The zero-order valence-corrected chi connectivity index (χ0v) is 13.5. The van der Waals surface area contributed by atoms with Gasteiger partial charge in [-0.1, -0.05) is 21.1 Å². The Kier molecular flexibility index (Phi) is 4.26. The highest BCUT2D eigenvalue weighted by atomic mass is 79.9. The molecule has 0 atom stereocenters. The van der Waals surface area contributed by atoms with Gasteiger partial charge in [0.2, 0.25) is 0 Å². The predicted molar refractivity (Wildman–Crippen MR) is 82.2 cm³/mol. The smallest absolute Gasteiger partial charge is 0.264 e. The standard InChI is InChI=1S/C15H18BrN3O2/c1-9-6-12(16)7-11(4-5-17)14(9)20-8-13-18-15(19-21-13)10-2-3-10/h6-7,10H,2-5,8,17H2,1H3. The van der Waals surface area contributed by atoms with Gasteiger partial charge < -0.3 is 15.0 Å². The van der Waals surface area contributed by atoms with E-state index in [4.69, 9.17) is 15.0 Å². The molecule has 0 unspecified atom stereocenters. The van der Waals surface area contributed by atoms with Gasteiger partial charge in [0.25, 0.3) is 5.89 Å². The van der Waals surface area contributed by atoms with Crippen LogP contribution in [0.15, 0.2) is 21.1 Å². The van der Waals surface area contributed by atoms with Crippen LogP contribution >= 0.6 is 15.9 Å². The first-order valence-corrected chi connectivity index (χ1v) is 7.91. The van der Waals surface area contributed by atoms with Crippen LogP contribution in [0.3, 0.4) is 0 Å². The van der Waals surface area contributed by atoms with Crippen molar-refractivity contribution in [1.29, 1.82) is 0 Å². The van der Waals surface area contributed by atoms with Crippen LogP contribution in [0.5, 0.6) is 5.75 Å². The van der Waals surface area contributed by atoms with Gasteiger partial charge in [-0.2, -0.15) is 4.98 Å². The maximum atomic E-state index is 5.90. The number of nitrogens with zero attached hydrogens (tertiary/aromatic N) is 2. The van der Waals surface area contributed by atoms with Crippen LogP contribution in [0.4, 0.5) is 0 Å². The summed E-state index contributed by atoms with van der Waals surface area (Å²) in [5.74, 6) is 2.68. The Balaban J connectivity index is 1.73. The van der Waals surface area contributed by atoms with Crippen molar-refractivity contribution in [1.82, 2.24) is 10.1 Å². The summed E-state index contributed by atoms with van der Waals surface area (Å²) in [6, 6.07) is 4.07. The fourth-order valence-electron chi connectivity index (χ4n) is 2.31. The molecule has 1 saturated carbocycles. The molecule has 2 aromatic rings. The Bertz CT molecular complexity index is 638. The first kappa shape index (κ1) is 14.5. The first-order chi connectivity index (χ1) is 10.2. The Labute approximate surface area is 132 Å². The number of hydrogen-bond donors (Lipinski definition) is 1. The second kappa shape index (κ2) is 6.15. The number of hydrogen-bond acceptors (Lipinski definition) is 5. The minimum absolute atomic E-state index is 0.291. The van der Waals surface area contributed by atoms with E-state index in [1.54, 1.807) is 0 Å². The fourth-order valence-corrected chi connectivity index (χ4v) is 2.93. The topological polar surface area (TPSA) is 74.2 Å². The zero-order chi connectivity index (χ0) is 14.8. The molecule has 1 aromatic carbocycles. The van der Waals surface area contributed by atoms with E-state index in [-0.39, 0.29) is 0 Å². The molecule has 0 spiro atoms. The van der Waals surface area contributed by atoms with Crippen molar-refractivity contribution in [2.24, 2.45) is 5.73 Å². The summed E-state index contributed by atoms with van der Waals surface area (Å²) >= 11 is 3.50. The van der Waals surface area contributed by atoms with E-state index in [0.29, 0.717) is 25.0 Å². The van der Waals surface area contributed by atoms with Crippen LogP contribution in [0.25, 0.3) is 0 Å². The molecule has 0 saturated heterocycles. The second-order valence-electron chi connectivity index (χ2n) is 5.36. The summed E-state index contributed by atoms with van der Waals surface area (Å²) in [4.78, 5) is 4.37. The number of rotatable bonds is 6. The normalized spacial score (nSPS) is 14.4. The van der Waals surface area contributed by atoms with Gasteiger partial charge in [0.05, 0.1) is 0 Å². The van der Waals surface area contributed by atoms with Crippen LogP contribution < -0.4 is 10.5 Å². The number of aromatic nitrogens is 2. The minimum Gasteiger partial charge on any atom is -0.483 e. The highest BCUT2D eigenvalue weighted by Gasteiger charge is 2.28. The van der Waals surface area contributed by atoms with Crippen LogP contribution in [0.1, 0.15) is 41.6 Å². The molecule has 0 amide bonds. The largest absolute Gasteiger partial charge is 0.483 e. The number of benzene rings is 1. The van der Waals surface area contributed by atoms with Gasteiger partial charge in [-0.3, -0.25) is 0 Å². The molecule has 0 aliphatic heterocycles. The van der Waals surface area contributed by atoms with E-state index in [1.165, 1.54) is 0 Å². The Morgan fingerprint density at radius 2 is 2.24 bits per heavy atom. The van der Waals surface area contributed by atoms with Crippen molar-refractivity contribution in [3.63, 3.8) is 0 Å². The van der Waals surface area contributed by atoms with E-state index < -0.39 is 0 Å². The predicted octanol–water partition coefficient (Wildman–Crippen LogP) is 3.10. The minimum atomic E-state index is 0.291. The lowest BCUT2D eigenvalue weighted by atomic mass is 10.1. The number of aryl methyl sites for hydroxylation is 1. The van der Waals surface area contributed by atoms with E-state index in [9.17, 15) is 0 Å². The van der Waals surface area contributed by atoms with E-state index in [1.807, 2.05) is 19.1 Å². The molecule has 1 heterocycles. The molecule has 21 heavy (non-hydrogen) atoms. The molecular formula is C15H18BrN3O2. The SMILES string of the molecule is Cc1cc(Br)cc(CCN)c1OCc1nc(C2CC2)no1. The van der Waals surface area contributed by atoms with Gasteiger partial charge >= 0.3 is 0 Å². The summed E-state index contributed by atoms with van der Waals surface area (Å²) in [5.41, 5.74) is 7.82. The Morgan fingerprint density at radius 1 is 1.43 bits per heavy atom. The van der Waals surface area contributed by atoms with Gasteiger partial charge in [0.15, 0.2) is 12.4 Å². The number of halogens is 1. The lowest BCUT2D eigenvalue weighted by Crippen LogP contribution is -2.07. The van der Waals surface area contributed by atoms with E-state index in [2.05, 4.69) is 26.1 Å². The lowest BCUT2D eigenvalue weighted by Gasteiger charge is -2.13. The summed E-state index contributed by atoms with van der Waals surface area (Å²) < 4.78 is 12.2. The van der Waals surface area contributed by atoms with Crippen molar-refractivity contribution in [3.05, 3.63) is 39.4 Å². The van der Waals surface area contributed by atoms with E-state index >= 15 is 0 Å².